The second-order valence-electron chi connectivity index (χ2n) is 2.79. The van der Waals surface area contributed by atoms with Crippen molar-refractivity contribution in [1.29, 1.82) is 0 Å². The van der Waals surface area contributed by atoms with E-state index in [2.05, 4.69) is 32.6 Å². The normalized spacial score (nSPS) is 12.5. The molecular weight excluding hydrogens is 132 g/mol. The Balaban J connectivity index is 2.85. The highest BCUT2D eigenvalue weighted by atomic mass is 14.1. The molecule has 1 aromatic rings. The van der Waals surface area contributed by atoms with Crippen LogP contribution in [0.3, 0.4) is 0 Å². The van der Waals surface area contributed by atoms with E-state index in [-0.39, 0.29) is 0 Å². The minimum absolute atomic E-state index is 0.371. The maximum Gasteiger partial charge on any atom is 0.00172 e. The van der Waals surface area contributed by atoms with Crippen LogP contribution < -0.4 is 0 Å². The lowest BCUT2D eigenvalue weighted by Crippen LogP contribution is -1.92. The average molecular weight is 145 g/mol. The maximum atomic E-state index is 3.82. The van der Waals surface area contributed by atoms with Crippen LogP contribution in [0.4, 0.5) is 0 Å². The van der Waals surface area contributed by atoms with Crippen LogP contribution in [-0.2, 0) is 0 Å². The summed E-state index contributed by atoms with van der Waals surface area (Å²) in [5.74, 6) is 0.371. The lowest BCUT2D eigenvalue weighted by atomic mass is 9.95. The van der Waals surface area contributed by atoms with Crippen molar-refractivity contribution in [3.05, 3.63) is 55.0 Å². The first kappa shape index (κ1) is 8.06. The molecule has 0 heteroatoms. The highest BCUT2D eigenvalue weighted by Crippen LogP contribution is 2.20. The predicted octanol–water partition coefficient (Wildman–Crippen LogP) is 3.18. The van der Waals surface area contributed by atoms with Crippen molar-refractivity contribution in [1.82, 2.24) is 0 Å². The van der Waals surface area contributed by atoms with Gasteiger partial charge >= 0.3 is 0 Å². The van der Waals surface area contributed by atoms with E-state index in [1.165, 1.54) is 5.56 Å². The van der Waals surface area contributed by atoms with Crippen LogP contribution in [0.1, 0.15) is 18.4 Å². The fourth-order valence-corrected chi connectivity index (χ4v) is 0.977. The predicted molar refractivity (Wildman–Crippen MR) is 49.4 cm³/mol. The van der Waals surface area contributed by atoms with Gasteiger partial charge in [0.25, 0.3) is 0 Å². The Morgan fingerprint density at radius 2 is 1.82 bits per heavy atom. The molecule has 0 aliphatic heterocycles. The van der Waals surface area contributed by atoms with Gasteiger partial charge in [-0.2, -0.15) is 0 Å². The third-order valence-corrected chi connectivity index (χ3v) is 1.91. The first-order chi connectivity index (χ1) is 5.22. The van der Waals surface area contributed by atoms with E-state index in [0.717, 1.165) is 5.57 Å². The molecule has 0 bridgehead atoms. The van der Waals surface area contributed by atoms with Gasteiger partial charge in [-0.05, 0) is 12.5 Å². The number of hydrogen-bond donors (Lipinski definition) is 0. The summed E-state index contributed by atoms with van der Waals surface area (Å²) >= 11 is 0. The van der Waals surface area contributed by atoms with Crippen LogP contribution in [-0.4, -0.2) is 0 Å². The Morgan fingerprint density at radius 1 is 1.27 bits per heavy atom. The van der Waals surface area contributed by atoms with E-state index in [4.69, 9.17) is 0 Å². The molecule has 1 rings (SSSR count). The molecule has 0 saturated carbocycles. The summed E-state index contributed by atoms with van der Waals surface area (Å²) in [6.45, 7) is 9.76. The van der Waals surface area contributed by atoms with E-state index >= 15 is 0 Å². The second-order valence-corrected chi connectivity index (χ2v) is 2.79. The monoisotopic (exact) mass is 145 g/mol. The van der Waals surface area contributed by atoms with Crippen molar-refractivity contribution in [2.75, 3.05) is 0 Å². The van der Waals surface area contributed by atoms with Gasteiger partial charge in [0.15, 0.2) is 0 Å². The van der Waals surface area contributed by atoms with Gasteiger partial charge < -0.3 is 0 Å². The van der Waals surface area contributed by atoms with Crippen LogP contribution in [0, 0.1) is 6.92 Å². The Kier molecular flexibility index (Phi) is 2.48. The summed E-state index contributed by atoms with van der Waals surface area (Å²) < 4.78 is 0. The molecule has 0 N–H and O–H groups in total. The van der Waals surface area contributed by atoms with Crippen molar-refractivity contribution < 1.29 is 0 Å². The minimum atomic E-state index is 0.371. The molecule has 0 nitrogen and oxygen atoms in total. The molecule has 0 spiro atoms. The lowest BCUT2D eigenvalue weighted by Gasteiger charge is -2.10. The molecule has 1 aromatic carbocycles. The van der Waals surface area contributed by atoms with E-state index < -0.39 is 0 Å². The molecular formula is C11H13. The lowest BCUT2D eigenvalue weighted by molar-refractivity contribution is 0.925. The van der Waals surface area contributed by atoms with E-state index in [1.807, 2.05) is 18.2 Å². The van der Waals surface area contributed by atoms with E-state index in [0.29, 0.717) is 5.92 Å². The Morgan fingerprint density at radius 3 is 2.27 bits per heavy atom. The molecule has 0 saturated heterocycles. The van der Waals surface area contributed by atoms with Crippen LogP contribution in [0.15, 0.2) is 42.5 Å². The molecule has 0 fully saturated rings. The third kappa shape index (κ3) is 1.94. The van der Waals surface area contributed by atoms with Gasteiger partial charge in [-0.15, -0.1) is 0 Å². The number of allylic oxidation sites excluding steroid dienone is 1. The van der Waals surface area contributed by atoms with Gasteiger partial charge in [-0.1, -0.05) is 49.4 Å². The first-order valence-electron chi connectivity index (χ1n) is 3.77. The Labute approximate surface area is 68.6 Å². The van der Waals surface area contributed by atoms with Gasteiger partial charge in [-0.3, -0.25) is 0 Å². The van der Waals surface area contributed by atoms with Crippen LogP contribution in [0.25, 0.3) is 0 Å². The summed E-state index contributed by atoms with van der Waals surface area (Å²) in [7, 11) is 0. The molecule has 1 atom stereocenters. The van der Waals surface area contributed by atoms with Crippen molar-refractivity contribution in [3.8, 4) is 0 Å². The molecule has 11 heavy (non-hydrogen) atoms. The molecule has 1 unspecified atom stereocenters. The summed E-state index contributed by atoms with van der Waals surface area (Å²) in [6, 6.07) is 10.3. The number of rotatable bonds is 2. The first-order valence-corrected chi connectivity index (χ1v) is 3.77. The quantitative estimate of drug-likeness (QED) is 0.599. The van der Waals surface area contributed by atoms with Crippen LogP contribution in [0.5, 0.6) is 0 Å². The summed E-state index contributed by atoms with van der Waals surface area (Å²) in [6.07, 6.45) is 0. The van der Waals surface area contributed by atoms with E-state index in [1.54, 1.807) is 0 Å². The third-order valence-electron chi connectivity index (χ3n) is 1.91. The number of hydrogen-bond acceptors (Lipinski definition) is 0. The smallest absolute Gasteiger partial charge is 0.00172 e. The molecule has 0 heterocycles. The van der Waals surface area contributed by atoms with Gasteiger partial charge in [0, 0.05) is 5.92 Å². The zero-order chi connectivity index (χ0) is 8.27. The Bertz CT molecular complexity index is 233. The van der Waals surface area contributed by atoms with Crippen LogP contribution >= 0.6 is 0 Å². The topological polar surface area (TPSA) is 0 Å². The fraction of sp³-hybridized carbons (Fsp3) is 0.182. The number of benzene rings is 1. The SMILES string of the molecule is [CH2]C(=C)C(C)c1ccccc1. The molecule has 0 aliphatic carbocycles. The second kappa shape index (κ2) is 3.38. The summed E-state index contributed by atoms with van der Waals surface area (Å²) in [5.41, 5.74) is 2.25. The highest BCUT2D eigenvalue weighted by Gasteiger charge is 2.03. The van der Waals surface area contributed by atoms with Gasteiger partial charge in [0.2, 0.25) is 0 Å². The van der Waals surface area contributed by atoms with Gasteiger partial charge in [0.1, 0.15) is 0 Å². The van der Waals surface area contributed by atoms with Gasteiger partial charge in [-0.25, -0.2) is 0 Å². The molecule has 57 valence electrons. The Hall–Kier alpha value is -1.04. The van der Waals surface area contributed by atoms with Crippen molar-refractivity contribution in [2.24, 2.45) is 0 Å². The average Bonchev–Trinajstić information content (AvgIpc) is 2.05. The summed E-state index contributed by atoms with van der Waals surface area (Å²) in [5, 5.41) is 0. The van der Waals surface area contributed by atoms with Crippen LogP contribution in [0.2, 0.25) is 0 Å². The molecule has 0 aliphatic rings. The maximum absolute atomic E-state index is 3.82. The highest BCUT2D eigenvalue weighted by molar-refractivity contribution is 5.27. The zero-order valence-corrected chi connectivity index (χ0v) is 6.88. The van der Waals surface area contributed by atoms with Crippen molar-refractivity contribution in [3.63, 3.8) is 0 Å². The fourth-order valence-electron chi connectivity index (χ4n) is 0.977. The molecule has 0 aromatic heterocycles. The van der Waals surface area contributed by atoms with E-state index in [9.17, 15) is 0 Å². The minimum Gasteiger partial charge on any atom is -0.0992 e. The van der Waals surface area contributed by atoms with Crippen molar-refractivity contribution in [2.45, 2.75) is 12.8 Å². The standard InChI is InChI=1S/C11H13/c1-9(2)10(3)11-7-5-4-6-8-11/h4-8,10H,1-2H2,3H3. The zero-order valence-electron chi connectivity index (χ0n) is 6.88. The molecule has 0 amide bonds. The van der Waals surface area contributed by atoms with Gasteiger partial charge in [0.05, 0.1) is 0 Å². The largest absolute Gasteiger partial charge is 0.0992 e. The van der Waals surface area contributed by atoms with Crippen molar-refractivity contribution >= 4 is 0 Å². The summed E-state index contributed by atoms with van der Waals surface area (Å²) in [4.78, 5) is 0. The molecule has 1 radical (unpaired) electrons.